The first-order valence-corrected chi connectivity index (χ1v) is 12.1. The SMILES string of the molecule is C=C1Nc2ncnc(N3CCN(C(=O)[C@H](CNC(C)C)c4ccc(Cl)cc4)CC3)c2[C@@H]2C[C@H]12. The Labute approximate surface area is 200 Å². The summed E-state index contributed by atoms with van der Waals surface area (Å²) >= 11 is 6.08. The molecule has 2 aromatic rings. The molecular weight excluding hydrogens is 436 g/mol. The largest absolute Gasteiger partial charge is 0.353 e. The fourth-order valence-corrected chi connectivity index (χ4v) is 5.10. The molecule has 0 bridgehead atoms. The van der Waals surface area contributed by atoms with Gasteiger partial charge in [-0.05, 0) is 24.1 Å². The number of rotatable bonds is 6. The second kappa shape index (κ2) is 8.95. The Balaban J connectivity index is 1.29. The fourth-order valence-electron chi connectivity index (χ4n) is 4.98. The van der Waals surface area contributed by atoms with Crippen LogP contribution in [0.3, 0.4) is 0 Å². The Morgan fingerprint density at radius 1 is 1.18 bits per heavy atom. The Hall–Kier alpha value is -2.64. The highest BCUT2D eigenvalue weighted by atomic mass is 35.5. The highest BCUT2D eigenvalue weighted by Crippen LogP contribution is 2.58. The van der Waals surface area contributed by atoms with Crippen LogP contribution in [0.15, 0.2) is 42.9 Å². The van der Waals surface area contributed by atoms with Crippen molar-refractivity contribution in [3.63, 3.8) is 0 Å². The predicted octanol–water partition coefficient (Wildman–Crippen LogP) is 3.60. The van der Waals surface area contributed by atoms with Crippen LogP contribution in [0, 0.1) is 5.92 Å². The first-order chi connectivity index (χ1) is 15.9. The molecule has 174 valence electrons. The maximum absolute atomic E-state index is 13.6. The lowest BCUT2D eigenvalue weighted by atomic mass is 9.96. The van der Waals surface area contributed by atoms with Gasteiger partial charge in [0.2, 0.25) is 5.91 Å². The number of carbonyl (C=O) groups is 1. The van der Waals surface area contributed by atoms with Crippen molar-refractivity contribution >= 4 is 29.1 Å². The number of nitrogens with zero attached hydrogens (tertiary/aromatic N) is 4. The van der Waals surface area contributed by atoms with Gasteiger partial charge < -0.3 is 20.4 Å². The molecule has 2 aliphatic heterocycles. The monoisotopic (exact) mass is 466 g/mol. The minimum absolute atomic E-state index is 0.162. The Kier molecular flexibility index (Phi) is 6.01. The minimum atomic E-state index is -0.231. The van der Waals surface area contributed by atoms with Crippen molar-refractivity contribution in [1.82, 2.24) is 20.2 Å². The smallest absolute Gasteiger partial charge is 0.231 e. The van der Waals surface area contributed by atoms with Crippen molar-refractivity contribution in [3.8, 4) is 0 Å². The summed E-state index contributed by atoms with van der Waals surface area (Å²) in [6.45, 7) is 11.8. The van der Waals surface area contributed by atoms with Gasteiger partial charge in [-0.25, -0.2) is 9.97 Å². The van der Waals surface area contributed by atoms with E-state index in [1.165, 1.54) is 5.56 Å². The van der Waals surface area contributed by atoms with E-state index in [1.807, 2.05) is 29.2 Å². The molecule has 2 N–H and O–H groups in total. The molecule has 1 saturated carbocycles. The Morgan fingerprint density at radius 2 is 1.91 bits per heavy atom. The van der Waals surface area contributed by atoms with Crippen molar-refractivity contribution in [1.29, 1.82) is 0 Å². The fraction of sp³-hybridized carbons (Fsp3) is 0.480. The summed E-state index contributed by atoms with van der Waals surface area (Å²) in [5.74, 6) is 2.81. The van der Waals surface area contributed by atoms with Crippen LogP contribution in [-0.4, -0.2) is 59.5 Å². The maximum Gasteiger partial charge on any atom is 0.231 e. The first-order valence-electron chi connectivity index (χ1n) is 11.8. The van der Waals surface area contributed by atoms with Gasteiger partial charge in [0, 0.05) is 66.9 Å². The molecule has 1 aliphatic carbocycles. The van der Waals surface area contributed by atoms with Gasteiger partial charge in [0.15, 0.2) is 0 Å². The number of hydrogen-bond donors (Lipinski definition) is 2. The van der Waals surface area contributed by atoms with E-state index in [1.54, 1.807) is 6.33 Å². The molecule has 1 aromatic carbocycles. The molecule has 1 amide bonds. The van der Waals surface area contributed by atoms with E-state index < -0.39 is 0 Å². The zero-order valence-electron chi connectivity index (χ0n) is 19.2. The lowest BCUT2D eigenvalue weighted by Gasteiger charge is -2.38. The number of benzene rings is 1. The molecule has 33 heavy (non-hydrogen) atoms. The Morgan fingerprint density at radius 3 is 2.61 bits per heavy atom. The van der Waals surface area contributed by atoms with Crippen LogP contribution >= 0.6 is 11.6 Å². The summed E-state index contributed by atoms with van der Waals surface area (Å²) < 4.78 is 0. The van der Waals surface area contributed by atoms with Gasteiger partial charge in [0.25, 0.3) is 0 Å². The molecule has 3 atom stereocenters. The second-order valence-corrected chi connectivity index (χ2v) is 9.97. The van der Waals surface area contributed by atoms with Crippen molar-refractivity contribution in [3.05, 3.63) is 59.0 Å². The number of carbonyl (C=O) groups excluding carboxylic acids is 1. The number of amides is 1. The van der Waals surface area contributed by atoms with E-state index in [4.69, 9.17) is 11.6 Å². The average Bonchev–Trinajstić information content (AvgIpc) is 3.62. The highest BCUT2D eigenvalue weighted by Gasteiger charge is 2.48. The van der Waals surface area contributed by atoms with Crippen LogP contribution in [0.4, 0.5) is 11.6 Å². The van der Waals surface area contributed by atoms with Crippen molar-refractivity contribution in [2.45, 2.75) is 38.1 Å². The summed E-state index contributed by atoms with van der Waals surface area (Å²) in [6, 6.07) is 7.95. The van der Waals surface area contributed by atoms with Crippen LogP contribution in [0.2, 0.25) is 5.02 Å². The minimum Gasteiger partial charge on any atom is -0.353 e. The van der Waals surface area contributed by atoms with Gasteiger partial charge in [0.05, 0.1) is 5.92 Å². The first kappa shape index (κ1) is 22.2. The number of anilines is 2. The lowest BCUT2D eigenvalue weighted by molar-refractivity contribution is -0.133. The van der Waals surface area contributed by atoms with Gasteiger partial charge in [-0.2, -0.15) is 0 Å². The zero-order chi connectivity index (χ0) is 23.1. The molecule has 3 aliphatic rings. The number of nitrogens with one attached hydrogen (secondary N) is 2. The number of piperazine rings is 1. The molecule has 0 unspecified atom stereocenters. The van der Waals surface area contributed by atoms with Gasteiger partial charge in [-0.15, -0.1) is 0 Å². The normalized spacial score (nSPS) is 22.5. The average molecular weight is 467 g/mol. The Bertz CT molecular complexity index is 1050. The quantitative estimate of drug-likeness (QED) is 0.677. The summed E-state index contributed by atoms with van der Waals surface area (Å²) in [5.41, 5.74) is 3.28. The molecule has 0 radical (unpaired) electrons. The standard InChI is InChI=1S/C25H31ClN6O/c1-15(2)27-13-21(17-4-6-18(26)7-5-17)25(33)32-10-8-31(9-11-32)24-22-20-12-19(20)16(3)30-23(22)28-14-29-24/h4-7,14-15,19-21,27H,3,8-13H2,1-2H3,(H,28,29,30)/t19-,20-,21-/m1/s1. The summed E-state index contributed by atoms with van der Waals surface area (Å²) in [5, 5.41) is 7.48. The van der Waals surface area contributed by atoms with E-state index >= 15 is 0 Å². The molecule has 3 heterocycles. The summed E-state index contributed by atoms with van der Waals surface area (Å²) in [7, 11) is 0. The number of allylic oxidation sites excluding steroid dienone is 1. The summed E-state index contributed by atoms with van der Waals surface area (Å²) in [6.07, 6.45) is 2.74. The predicted molar refractivity (Wildman–Crippen MR) is 132 cm³/mol. The second-order valence-electron chi connectivity index (χ2n) is 9.54. The van der Waals surface area contributed by atoms with Crippen molar-refractivity contribution in [2.75, 3.05) is 42.9 Å². The molecule has 1 aromatic heterocycles. The van der Waals surface area contributed by atoms with E-state index in [0.29, 0.717) is 42.5 Å². The molecule has 7 nitrogen and oxygen atoms in total. The van der Waals surface area contributed by atoms with Crippen molar-refractivity contribution < 1.29 is 4.79 Å². The van der Waals surface area contributed by atoms with Crippen LogP contribution in [0.5, 0.6) is 0 Å². The summed E-state index contributed by atoms with van der Waals surface area (Å²) in [4.78, 5) is 27.0. The molecule has 5 rings (SSSR count). The number of hydrogen-bond acceptors (Lipinski definition) is 6. The number of fused-ring (bicyclic) bond motifs is 3. The molecular formula is C25H31ClN6O. The molecule has 0 spiro atoms. The zero-order valence-corrected chi connectivity index (χ0v) is 20.0. The van der Waals surface area contributed by atoms with E-state index in [2.05, 4.69) is 45.9 Å². The van der Waals surface area contributed by atoms with Crippen LogP contribution in [0.25, 0.3) is 0 Å². The van der Waals surface area contributed by atoms with Gasteiger partial charge in [-0.3, -0.25) is 4.79 Å². The third-order valence-electron chi connectivity index (χ3n) is 6.94. The third-order valence-corrected chi connectivity index (χ3v) is 7.19. The molecule has 1 saturated heterocycles. The van der Waals surface area contributed by atoms with E-state index in [9.17, 15) is 4.79 Å². The van der Waals surface area contributed by atoms with E-state index in [0.717, 1.165) is 42.4 Å². The van der Waals surface area contributed by atoms with Gasteiger partial charge >= 0.3 is 0 Å². The molecule has 8 heteroatoms. The lowest BCUT2D eigenvalue weighted by Crippen LogP contribution is -2.51. The van der Waals surface area contributed by atoms with E-state index in [-0.39, 0.29) is 11.8 Å². The van der Waals surface area contributed by atoms with Crippen LogP contribution in [0.1, 0.15) is 43.2 Å². The molecule has 2 fully saturated rings. The van der Waals surface area contributed by atoms with Gasteiger partial charge in [0.1, 0.15) is 18.0 Å². The van der Waals surface area contributed by atoms with Crippen LogP contribution in [-0.2, 0) is 4.79 Å². The van der Waals surface area contributed by atoms with Crippen LogP contribution < -0.4 is 15.5 Å². The van der Waals surface area contributed by atoms with Crippen molar-refractivity contribution in [2.24, 2.45) is 5.92 Å². The third kappa shape index (κ3) is 4.44. The topological polar surface area (TPSA) is 73.4 Å². The van der Waals surface area contributed by atoms with Gasteiger partial charge in [-0.1, -0.05) is 44.2 Å². The number of aromatic nitrogens is 2. The maximum atomic E-state index is 13.6. The highest BCUT2D eigenvalue weighted by molar-refractivity contribution is 6.30. The number of halogens is 1.